The quantitative estimate of drug-likeness (QED) is 0.849. The van der Waals surface area contributed by atoms with Crippen molar-refractivity contribution >= 4 is 29.1 Å². The number of primary amides is 1. The van der Waals surface area contributed by atoms with E-state index in [2.05, 4.69) is 5.32 Å². The number of nitrogens with one attached hydrogen (secondary N) is 1. The molecule has 0 heterocycles. The number of benzene rings is 2. The van der Waals surface area contributed by atoms with E-state index in [1.807, 2.05) is 0 Å². The lowest BCUT2D eigenvalue weighted by molar-refractivity contribution is -0.118. The Morgan fingerprint density at radius 2 is 2.00 bits per heavy atom. The van der Waals surface area contributed by atoms with E-state index in [1.165, 1.54) is 19.2 Å². The molecular formula is C16H15ClN2O4. The van der Waals surface area contributed by atoms with Gasteiger partial charge in [0, 0.05) is 16.8 Å². The van der Waals surface area contributed by atoms with Crippen molar-refractivity contribution in [3.05, 3.63) is 53.1 Å². The summed E-state index contributed by atoms with van der Waals surface area (Å²) in [4.78, 5) is 23.3. The molecule has 0 aliphatic carbocycles. The number of anilines is 1. The lowest BCUT2D eigenvalue weighted by Crippen LogP contribution is -2.21. The molecule has 2 aromatic rings. The fourth-order valence-corrected chi connectivity index (χ4v) is 2.03. The topological polar surface area (TPSA) is 90.7 Å². The van der Waals surface area contributed by atoms with Crippen LogP contribution in [0, 0.1) is 0 Å². The highest BCUT2D eigenvalue weighted by Crippen LogP contribution is 2.22. The van der Waals surface area contributed by atoms with Gasteiger partial charge in [-0.1, -0.05) is 17.7 Å². The number of nitrogens with two attached hydrogens (primary N) is 1. The Kier molecular flexibility index (Phi) is 5.43. The van der Waals surface area contributed by atoms with Crippen molar-refractivity contribution in [3.63, 3.8) is 0 Å². The molecule has 23 heavy (non-hydrogen) atoms. The van der Waals surface area contributed by atoms with Crippen LogP contribution in [0.1, 0.15) is 10.4 Å². The molecule has 0 unspecified atom stereocenters. The molecule has 0 spiro atoms. The molecule has 0 aliphatic rings. The Bertz CT molecular complexity index is 734. The van der Waals surface area contributed by atoms with Crippen LogP contribution in [-0.2, 0) is 4.79 Å². The highest BCUT2D eigenvalue weighted by Gasteiger charge is 2.12. The van der Waals surface area contributed by atoms with Crippen LogP contribution < -0.4 is 20.5 Å². The molecule has 2 aromatic carbocycles. The molecule has 2 rings (SSSR count). The molecule has 0 saturated carbocycles. The van der Waals surface area contributed by atoms with Crippen LogP contribution >= 0.6 is 11.6 Å². The summed E-state index contributed by atoms with van der Waals surface area (Å²) in [5.41, 5.74) is 5.94. The number of rotatable bonds is 6. The first kappa shape index (κ1) is 16.6. The Hall–Kier alpha value is -2.73. The van der Waals surface area contributed by atoms with Gasteiger partial charge in [0.15, 0.2) is 6.61 Å². The first-order valence-corrected chi connectivity index (χ1v) is 7.03. The summed E-state index contributed by atoms with van der Waals surface area (Å²) in [7, 11) is 1.54. The molecule has 0 aliphatic heterocycles. The first-order chi connectivity index (χ1) is 11.0. The summed E-state index contributed by atoms with van der Waals surface area (Å²) < 4.78 is 10.4. The number of amides is 2. The number of hydrogen-bond donors (Lipinski definition) is 2. The van der Waals surface area contributed by atoms with Crippen molar-refractivity contribution in [1.29, 1.82) is 0 Å². The molecule has 120 valence electrons. The minimum Gasteiger partial charge on any atom is -0.497 e. The summed E-state index contributed by atoms with van der Waals surface area (Å²) in [6.45, 7) is -0.279. The third-order valence-electron chi connectivity index (χ3n) is 2.92. The van der Waals surface area contributed by atoms with Gasteiger partial charge in [0.05, 0.1) is 12.7 Å². The molecule has 0 bridgehead atoms. The van der Waals surface area contributed by atoms with Gasteiger partial charge in [-0.2, -0.15) is 0 Å². The SMILES string of the molecule is COc1cccc(NC(=O)COc2ccc(Cl)cc2C(N)=O)c1. The number of hydrogen-bond acceptors (Lipinski definition) is 4. The minimum absolute atomic E-state index is 0.117. The number of carbonyl (C=O) groups excluding carboxylic acids is 2. The molecule has 3 N–H and O–H groups in total. The minimum atomic E-state index is -0.685. The Morgan fingerprint density at radius 3 is 2.70 bits per heavy atom. The van der Waals surface area contributed by atoms with E-state index in [0.29, 0.717) is 16.5 Å². The van der Waals surface area contributed by atoms with Crippen molar-refractivity contribution in [2.75, 3.05) is 19.0 Å². The zero-order valence-electron chi connectivity index (χ0n) is 12.3. The number of halogens is 1. The molecular weight excluding hydrogens is 320 g/mol. The highest BCUT2D eigenvalue weighted by atomic mass is 35.5. The highest BCUT2D eigenvalue weighted by molar-refractivity contribution is 6.31. The van der Waals surface area contributed by atoms with Gasteiger partial charge in [-0.3, -0.25) is 9.59 Å². The van der Waals surface area contributed by atoms with Crippen molar-refractivity contribution < 1.29 is 19.1 Å². The summed E-state index contributed by atoms with van der Waals surface area (Å²) in [5.74, 6) is -0.251. The maximum absolute atomic E-state index is 11.9. The predicted octanol–water partition coefficient (Wildman–Crippen LogP) is 2.46. The van der Waals surface area contributed by atoms with Crippen molar-refractivity contribution in [2.45, 2.75) is 0 Å². The van der Waals surface area contributed by atoms with Crippen LogP contribution in [0.5, 0.6) is 11.5 Å². The second-order valence-corrected chi connectivity index (χ2v) is 5.01. The third kappa shape index (κ3) is 4.62. The van der Waals surface area contributed by atoms with Gasteiger partial charge in [-0.05, 0) is 30.3 Å². The Morgan fingerprint density at radius 1 is 1.22 bits per heavy atom. The fourth-order valence-electron chi connectivity index (χ4n) is 1.86. The van der Waals surface area contributed by atoms with Crippen molar-refractivity contribution in [1.82, 2.24) is 0 Å². The summed E-state index contributed by atoms with van der Waals surface area (Å²) in [5, 5.41) is 3.01. The van der Waals surface area contributed by atoms with E-state index in [4.69, 9.17) is 26.8 Å². The van der Waals surface area contributed by atoms with E-state index in [0.717, 1.165) is 0 Å². The van der Waals surface area contributed by atoms with Gasteiger partial charge in [-0.25, -0.2) is 0 Å². The maximum Gasteiger partial charge on any atom is 0.262 e. The second-order valence-electron chi connectivity index (χ2n) is 4.57. The average molecular weight is 335 g/mol. The fraction of sp³-hybridized carbons (Fsp3) is 0.125. The monoisotopic (exact) mass is 334 g/mol. The van der Waals surface area contributed by atoms with Gasteiger partial charge in [0.2, 0.25) is 0 Å². The maximum atomic E-state index is 11.9. The predicted molar refractivity (Wildman–Crippen MR) is 87.1 cm³/mol. The van der Waals surface area contributed by atoms with Gasteiger partial charge in [-0.15, -0.1) is 0 Å². The van der Waals surface area contributed by atoms with E-state index in [9.17, 15) is 9.59 Å². The van der Waals surface area contributed by atoms with Gasteiger partial charge < -0.3 is 20.5 Å². The van der Waals surface area contributed by atoms with E-state index >= 15 is 0 Å². The lowest BCUT2D eigenvalue weighted by Gasteiger charge is -2.11. The summed E-state index contributed by atoms with van der Waals surface area (Å²) >= 11 is 5.81. The summed E-state index contributed by atoms with van der Waals surface area (Å²) in [6, 6.07) is 11.3. The standard InChI is InChI=1S/C16H15ClN2O4/c1-22-12-4-2-3-11(8-12)19-15(20)9-23-14-6-5-10(17)7-13(14)16(18)21/h2-8H,9H2,1H3,(H2,18,21)(H,19,20). The largest absolute Gasteiger partial charge is 0.497 e. The molecule has 7 heteroatoms. The second kappa shape index (κ2) is 7.51. The molecule has 0 saturated heterocycles. The molecule has 2 amide bonds. The molecule has 0 atom stereocenters. The number of methoxy groups -OCH3 is 1. The Balaban J connectivity index is 2.00. The number of carbonyl (C=O) groups is 2. The van der Waals surface area contributed by atoms with Crippen molar-refractivity contribution in [3.8, 4) is 11.5 Å². The molecule has 6 nitrogen and oxygen atoms in total. The number of ether oxygens (including phenoxy) is 2. The zero-order chi connectivity index (χ0) is 16.8. The Labute approximate surface area is 138 Å². The summed E-state index contributed by atoms with van der Waals surface area (Å²) in [6.07, 6.45) is 0. The molecule has 0 aromatic heterocycles. The van der Waals surface area contributed by atoms with Crippen LogP contribution in [0.2, 0.25) is 5.02 Å². The average Bonchev–Trinajstić information content (AvgIpc) is 2.53. The van der Waals surface area contributed by atoms with Crippen molar-refractivity contribution in [2.24, 2.45) is 5.73 Å². The van der Waals surface area contributed by atoms with Gasteiger partial charge in [0.25, 0.3) is 11.8 Å². The molecule has 0 fully saturated rings. The van der Waals surface area contributed by atoms with Gasteiger partial charge in [0.1, 0.15) is 11.5 Å². The first-order valence-electron chi connectivity index (χ1n) is 6.65. The van der Waals surface area contributed by atoms with Crippen LogP contribution in [0.15, 0.2) is 42.5 Å². The van der Waals surface area contributed by atoms with Gasteiger partial charge >= 0.3 is 0 Å². The third-order valence-corrected chi connectivity index (χ3v) is 3.15. The van der Waals surface area contributed by atoms with E-state index < -0.39 is 5.91 Å². The van der Waals surface area contributed by atoms with Crippen LogP contribution in [-0.4, -0.2) is 25.5 Å². The lowest BCUT2D eigenvalue weighted by atomic mass is 10.2. The normalized spacial score (nSPS) is 10.0. The molecule has 0 radical (unpaired) electrons. The zero-order valence-corrected chi connectivity index (χ0v) is 13.1. The smallest absolute Gasteiger partial charge is 0.262 e. The van der Waals surface area contributed by atoms with Crippen LogP contribution in [0.25, 0.3) is 0 Å². The van der Waals surface area contributed by atoms with E-state index in [-0.39, 0.29) is 23.8 Å². The van der Waals surface area contributed by atoms with Crippen LogP contribution in [0.3, 0.4) is 0 Å². The van der Waals surface area contributed by atoms with E-state index in [1.54, 1.807) is 30.3 Å². The van der Waals surface area contributed by atoms with Crippen LogP contribution in [0.4, 0.5) is 5.69 Å².